The van der Waals surface area contributed by atoms with E-state index in [9.17, 15) is 4.79 Å². The summed E-state index contributed by atoms with van der Waals surface area (Å²) in [6.07, 6.45) is 0. The predicted octanol–water partition coefficient (Wildman–Crippen LogP) is 3.77. The molecule has 27 heavy (non-hydrogen) atoms. The third-order valence-corrected chi connectivity index (χ3v) is 4.91. The highest BCUT2D eigenvalue weighted by Crippen LogP contribution is 2.28. The van der Waals surface area contributed by atoms with Crippen molar-refractivity contribution < 1.29 is 9.53 Å². The van der Waals surface area contributed by atoms with Crippen molar-refractivity contribution in [3.05, 3.63) is 71.7 Å². The van der Waals surface area contributed by atoms with Gasteiger partial charge in [-0.05, 0) is 30.3 Å². The summed E-state index contributed by atoms with van der Waals surface area (Å²) in [5.74, 6) is 0.232. The molecule has 4 rings (SSSR count). The molecule has 2 heterocycles. The number of carbonyl (C=O) groups is 1. The molecular formula is C20H16N4O2S. The number of benzene rings is 2. The van der Waals surface area contributed by atoms with E-state index in [0.717, 1.165) is 22.6 Å². The second-order valence-corrected chi connectivity index (χ2v) is 6.64. The fraction of sp³-hybridized carbons (Fsp3) is 0.0500. The van der Waals surface area contributed by atoms with Gasteiger partial charge in [-0.3, -0.25) is 4.79 Å². The van der Waals surface area contributed by atoms with Crippen LogP contribution in [0.3, 0.4) is 0 Å². The minimum absolute atomic E-state index is 0.296. The van der Waals surface area contributed by atoms with Gasteiger partial charge in [0.05, 0.1) is 18.5 Å². The lowest BCUT2D eigenvalue weighted by atomic mass is 10.1. The molecule has 0 radical (unpaired) electrons. The Bertz CT molecular complexity index is 1080. The first kappa shape index (κ1) is 17.0. The number of nitrogens with two attached hydrogens (primary N) is 1. The Labute approximate surface area is 159 Å². The highest BCUT2D eigenvalue weighted by atomic mass is 32.1. The normalized spacial score (nSPS) is 10.7. The number of hydrogen-bond acceptors (Lipinski definition) is 5. The SMILES string of the molecule is COc1ccc(-c2csc(-n3nc(-c4ccccc4)cc3C(N)=O)n2)cc1. The topological polar surface area (TPSA) is 83.0 Å². The number of ether oxygens (including phenoxy) is 1. The van der Waals surface area contributed by atoms with Gasteiger partial charge in [-0.25, -0.2) is 4.98 Å². The monoisotopic (exact) mass is 376 g/mol. The number of primary amides is 1. The van der Waals surface area contributed by atoms with Gasteiger partial charge in [0.25, 0.3) is 5.91 Å². The van der Waals surface area contributed by atoms with E-state index < -0.39 is 5.91 Å². The molecular weight excluding hydrogens is 360 g/mol. The van der Waals surface area contributed by atoms with Crippen LogP contribution in [0.25, 0.3) is 27.6 Å². The standard InChI is InChI=1S/C20H16N4O2S/c1-26-15-9-7-14(8-10-15)17-12-27-20(22-17)24-18(19(21)25)11-16(23-24)13-5-3-2-4-6-13/h2-12H,1H3,(H2,21,25). The summed E-state index contributed by atoms with van der Waals surface area (Å²) in [5, 5.41) is 7.05. The van der Waals surface area contributed by atoms with Gasteiger partial charge < -0.3 is 10.5 Å². The number of nitrogens with zero attached hydrogens (tertiary/aromatic N) is 3. The lowest BCUT2D eigenvalue weighted by Gasteiger charge is -2.01. The molecule has 0 aliphatic carbocycles. The van der Waals surface area contributed by atoms with E-state index in [2.05, 4.69) is 10.1 Å². The van der Waals surface area contributed by atoms with Crippen LogP contribution in [0.5, 0.6) is 5.75 Å². The Hall–Kier alpha value is -3.45. The second-order valence-electron chi connectivity index (χ2n) is 5.80. The van der Waals surface area contributed by atoms with Gasteiger partial charge in [0.1, 0.15) is 11.4 Å². The zero-order chi connectivity index (χ0) is 18.8. The van der Waals surface area contributed by atoms with Crippen molar-refractivity contribution in [3.63, 3.8) is 0 Å². The lowest BCUT2D eigenvalue weighted by molar-refractivity contribution is 0.0993. The van der Waals surface area contributed by atoms with Gasteiger partial charge in [0.2, 0.25) is 5.13 Å². The molecule has 134 valence electrons. The van der Waals surface area contributed by atoms with E-state index >= 15 is 0 Å². The van der Waals surface area contributed by atoms with Crippen LogP contribution in [0.2, 0.25) is 0 Å². The third kappa shape index (κ3) is 3.32. The Balaban J connectivity index is 1.74. The quantitative estimate of drug-likeness (QED) is 0.575. The molecule has 0 saturated carbocycles. The highest BCUT2D eigenvalue weighted by Gasteiger charge is 2.18. The summed E-state index contributed by atoms with van der Waals surface area (Å²) in [6.45, 7) is 0. The maximum atomic E-state index is 11.9. The molecule has 0 saturated heterocycles. The zero-order valence-corrected chi connectivity index (χ0v) is 15.3. The Morgan fingerprint density at radius 1 is 1.04 bits per heavy atom. The maximum Gasteiger partial charge on any atom is 0.267 e. The molecule has 4 aromatic rings. The Morgan fingerprint density at radius 3 is 2.41 bits per heavy atom. The summed E-state index contributed by atoms with van der Waals surface area (Å²) in [5.41, 5.74) is 9.18. The van der Waals surface area contributed by atoms with Crippen LogP contribution in [-0.4, -0.2) is 27.8 Å². The van der Waals surface area contributed by atoms with Gasteiger partial charge in [-0.15, -0.1) is 11.3 Å². The predicted molar refractivity (Wildman–Crippen MR) is 105 cm³/mol. The molecule has 7 heteroatoms. The first-order valence-corrected chi connectivity index (χ1v) is 9.09. The number of aromatic nitrogens is 3. The van der Waals surface area contributed by atoms with Crippen molar-refractivity contribution in [1.82, 2.24) is 14.8 Å². The number of amides is 1. The molecule has 1 amide bonds. The van der Waals surface area contributed by atoms with E-state index in [0.29, 0.717) is 16.5 Å². The molecule has 0 unspecified atom stereocenters. The van der Waals surface area contributed by atoms with Gasteiger partial charge in [0, 0.05) is 16.5 Å². The van der Waals surface area contributed by atoms with E-state index in [1.807, 2.05) is 60.0 Å². The first-order chi connectivity index (χ1) is 13.2. The number of methoxy groups -OCH3 is 1. The fourth-order valence-electron chi connectivity index (χ4n) is 2.71. The van der Waals surface area contributed by atoms with Crippen LogP contribution in [0.4, 0.5) is 0 Å². The summed E-state index contributed by atoms with van der Waals surface area (Å²) >= 11 is 1.40. The van der Waals surface area contributed by atoms with Gasteiger partial charge in [-0.2, -0.15) is 9.78 Å². The zero-order valence-electron chi connectivity index (χ0n) is 14.5. The summed E-state index contributed by atoms with van der Waals surface area (Å²) in [7, 11) is 1.63. The Kier molecular flexibility index (Phi) is 4.43. The molecule has 6 nitrogen and oxygen atoms in total. The maximum absolute atomic E-state index is 11.9. The van der Waals surface area contributed by atoms with E-state index in [4.69, 9.17) is 10.5 Å². The second kappa shape index (κ2) is 7.05. The molecule has 0 atom stereocenters. The average molecular weight is 376 g/mol. The molecule has 0 spiro atoms. The summed E-state index contributed by atoms with van der Waals surface area (Å²) in [4.78, 5) is 16.5. The molecule has 2 N–H and O–H groups in total. The van der Waals surface area contributed by atoms with Crippen molar-refractivity contribution in [2.45, 2.75) is 0 Å². The lowest BCUT2D eigenvalue weighted by Crippen LogP contribution is -2.16. The smallest absolute Gasteiger partial charge is 0.267 e. The van der Waals surface area contributed by atoms with Crippen molar-refractivity contribution in [1.29, 1.82) is 0 Å². The molecule has 2 aromatic heterocycles. The third-order valence-electron chi connectivity index (χ3n) is 4.09. The average Bonchev–Trinajstić information content (AvgIpc) is 3.36. The summed E-state index contributed by atoms with van der Waals surface area (Å²) < 4.78 is 6.69. The van der Waals surface area contributed by atoms with Crippen LogP contribution in [0, 0.1) is 0 Å². The van der Waals surface area contributed by atoms with Crippen LogP contribution in [-0.2, 0) is 0 Å². The van der Waals surface area contributed by atoms with Crippen molar-refractivity contribution in [3.8, 4) is 33.4 Å². The number of thiazole rings is 1. The van der Waals surface area contributed by atoms with Crippen molar-refractivity contribution in [2.75, 3.05) is 7.11 Å². The van der Waals surface area contributed by atoms with Crippen LogP contribution >= 0.6 is 11.3 Å². The van der Waals surface area contributed by atoms with E-state index in [1.165, 1.54) is 16.0 Å². The minimum Gasteiger partial charge on any atom is -0.497 e. The number of carbonyl (C=O) groups excluding carboxylic acids is 1. The molecule has 0 fully saturated rings. The first-order valence-electron chi connectivity index (χ1n) is 8.21. The van der Waals surface area contributed by atoms with Gasteiger partial charge >= 0.3 is 0 Å². The highest BCUT2D eigenvalue weighted by molar-refractivity contribution is 7.12. The van der Waals surface area contributed by atoms with Crippen LogP contribution in [0.15, 0.2) is 66.0 Å². The van der Waals surface area contributed by atoms with Crippen molar-refractivity contribution >= 4 is 17.2 Å². The van der Waals surface area contributed by atoms with Crippen LogP contribution in [0.1, 0.15) is 10.5 Å². The number of rotatable bonds is 5. The van der Waals surface area contributed by atoms with Crippen LogP contribution < -0.4 is 10.5 Å². The van der Waals surface area contributed by atoms with Crippen molar-refractivity contribution in [2.24, 2.45) is 5.73 Å². The van der Waals surface area contributed by atoms with E-state index in [-0.39, 0.29) is 0 Å². The van der Waals surface area contributed by atoms with Gasteiger partial charge in [0.15, 0.2) is 0 Å². The van der Waals surface area contributed by atoms with E-state index in [1.54, 1.807) is 13.2 Å². The molecule has 0 bridgehead atoms. The fourth-order valence-corrected chi connectivity index (χ4v) is 3.50. The molecule has 2 aromatic carbocycles. The Morgan fingerprint density at radius 2 is 1.74 bits per heavy atom. The number of hydrogen-bond donors (Lipinski definition) is 1. The largest absolute Gasteiger partial charge is 0.497 e. The summed E-state index contributed by atoms with van der Waals surface area (Å²) in [6, 6.07) is 19.0. The van der Waals surface area contributed by atoms with Gasteiger partial charge in [-0.1, -0.05) is 30.3 Å². The minimum atomic E-state index is -0.550. The molecule has 0 aliphatic rings. The molecule has 0 aliphatic heterocycles.